The summed E-state index contributed by atoms with van der Waals surface area (Å²) in [5.74, 6) is -6.55. The topological polar surface area (TPSA) is 171 Å². The van der Waals surface area contributed by atoms with Gasteiger partial charge in [-0.25, -0.2) is 8.78 Å². The fourth-order valence-electron chi connectivity index (χ4n) is 13.6. The van der Waals surface area contributed by atoms with E-state index in [2.05, 4.69) is 0 Å². The maximum Gasteiger partial charge on any atom is 0.225 e. The molecule has 0 aromatic heterocycles. The molecule has 0 radical (unpaired) electrons. The Morgan fingerprint density at radius 2 is 0.802 bits per heavy atom. The first-order valence-electron chi connectivity index (χ1n) is 39.4. The summed E-state index contributed by atoms with van der Waals surface area (Å²) in [6.45, 7) is -13.6. The van der Waals surface area contributed by atoms with Crippen LogP contribution in [0.3, 0.4) is 0 Å². The van der Waals surface area contributed by atoms with Crippen LogP contribution in [0, 0.1) is 11.6 Å². The first-order chi connectivity index (χ1) is 55.6. The van der Waals surface area contributed by atoms with Gasteiger partial charge in [0.1, 0.15) is 47.8 Å². The number of aliphatic hydroxyl groups excluding tert-OH is 3. The molecule has 9 atom stereocenters. The minimum atomic E-state index is -3.16. The van der Waals surface area contributed by atoms with E-state index in [-0.39, 0.29) is 59.1 Å². The van der Waals surface area contributed by atoms with Gasteiger partial charge in [0.25, 0.3) is 0 Å². The first kappa shape index (κ1) is 64.9. The molecule has 3 N–H and O–H groups in total. The molecule has 2 bridgehead atoms. The van der Waals surface area contributed by atoms with Gasteiger partial charge < -0.3 is 72.2 Å². The molecule has 13 rings (SSSR count). The molecular weight excluding hydrogens is 1390 g/mol. The number of hydrogen-bond donors (Lipinski definition) is 3. The third-order valence-electron chi connectivity index (χ3n) is 19.0. The van der Waals surface area contributed by atoms with Crippen LogP contribution in [-0.2, 0) is 111 Å². The summed E-state index contributed by atoms with van der Waals surface area (Å²) in [5.41, 5.74) is 4.81. The summed E-state index contributed by atoms with van der Waals surface area (Å²) >= 11 is 13.5. The maximum absolute atomic E-state index is 15.3. The maximum atomic E-state index is 15.3. The van der Waals surface area contributed by atoms with E-state index < -0.39 is 129 Å². The molecule has 0 spiro atoms. The van der Waals surface area contributed by atoms with Crippen molar-refractivity contribution < 1.29 is 94.7 Å². The van der Waals surface area contributed by atoms with Crippen molar-refractivity contribution in [2.45, 2.75) is 126 Å². The van der Waals surface area contributed by atoms with Gasteiger partial charge in [0.05, 0.1) is 84.7 Å². The van der Waals surface area contributed by atoms with Crippen LogP contribution in [0.2, 0.25) is 10.0 Å². The molecule has 106 heavy (non-hydrogen) atoms. The Bertz CT molecular complexity index is 4830. The van der Waals surface area contributed by atoms with Gasteiger partial charge in [-0.2, -0.15) is 0 Å². The minimum Gasteiger partial charge on any atom is -0.491 e. The Morgan fingerprint density at radius 1 is 0.425 bits per heavy atom. The fourth-order valence-corrected chi connectivity index (χ4v) is 14.0. The molecule has 3 saturated heterocycles. The van der Waals surface area contributed by atoms with Crippen LogP contribution in [0.4, 0.5) is 8.78 Å². The molecule has 3 fully saturated rings. The molecule has 0 saturated carbocycles. The summed E-state index contributed by atoms with van der Waals surface area (Å²) in [6.07, 6.45) is -5.77. The zero-order valence-corrected chi connectivity index (χ0v) is 59.5. The Morgan fingerprint density at radius 3 is 1.20 bits per heavy atom. The average Bonchev–Trinajstić information content (AvgIpc) is 1.58. The summed E-state index contributed by atoms with van der Waals surface area (Å²) < 4.78 is 183. The second kappa shape index (κ2) is 36.5. The monoisotopic (exact) mass is 1490 g/mol. The van der Waals surface area contributed by atoms with Gasteiger partial charge in [0, 0.05) is 36.5 Å². The van der Waals surface area contributed by atoms with E-state index in [4.69, 9.17) is 93.8 Å². The van der Waals surface area contributed by atoms with E-state index in [0.29, 0.717) is 43.4 Å². The predicted molar refractivity (Wildman–Crippen MR) is 399 cm³/mol. The lowest BCUT2D eigenvalue weighted by atomic mass is 9.80. The second-order valence-electron chi connectivity index (χ2n) is 25.9. The van der Waals surface area contributed by atoms with Crippen LogP contribution in [-0.4, -0.2) is 110 Å². The molecule has 0 aliphatic carbocycles. The largest absolute Gasteiger partial charge is 0.491 e. The van der Waals surface area contributed by atoms with Crippen molar-refractivity contribution in [1.29, 1.82) is 0 Å². The van der Waals surface area contributed by atoms with Crippen LogP contribution in [0.1, 0.15) is 94.2 Å². The summed E-state index contributed by atoms with van der Waals surface area (Å²) in [6, 6.07) is 75.1. The van der Waals surface area contributed by atoms with Crippen LogP contribution in [0.15, 0.2) is 255 Å². The van der Waals surface area contributed by atoms with Crippen molar-refractivity contribution >= 4 is 23.2 Å². The Kier molecular flexibility index (Phi) is 22.4. The standard InChI is InChI=1S/C44H46ClFO8.C43H42ClFO7/c1-3-50-39-22-19-34(24-38(39)46)23-35-25-36(20-21-37(35)45)44(49-2)42(53-28-33-17-11-6-12-18-33)40(51-26-31-13-7-4-8-14-31)41(43(29-47,30-48)54-44)52-27-32-15-9-5-10-16-32;1-2-47-38-21-18-33(23-37(38)45)22-34-24-35(19-20-36(34)44)43-41(50-27-32-16-10-5-11-17-32)39(48-25-30-12-6-3-7-13-30)40(42(28-46,52-43)29-51-43)49-26-31-14-8-4-9-15-31/h4-22,24-25,40-42,47-48H,3,23,26-30H2,1-2H3;3-21,23-24,39-41,46H,2,22,25-29H2,1H3/t40-,41-,42+,44-;39-,40-,41+,42-,43-/m00/s1/i1D3,3D2;1D3,2D2. The van der Waals surface area contributed by atoms with E-state index in [1.165, 1.54) is 25.3 Å². The number of benzene rings is 10. The molecule has 0 amide bonds. The molecule has 3 aliphatic heterocycles. The minimum absolute atomic E-state index is 0.0489. The molecule has 3 aliphatic rings. The summed E-state index contributed by atoms with van der Waals surface area (Å²) in [4.78, 5) is 0. The van der Waals surface area contributed by atoms with Crippen LogP contribution in [0.5, 0.6) is 11.5 Å². The second-order valence-corrected chi connectivity index (χ2v) is 26.7. The van der Waals surface area contributed by atoms with Gasteiger partial charge in [-0.15, -0.1) is 0 Å². The molecule has 19 heteroatoms. The SMILES string of the molecule is [2H]C([2H])([2H])C([2H])([2H])Oc1ccc(Cc2cc([C@]3(OC)OC(CO)(CO)[C@@H](OCc4ccccc4)[C@H](OCc4ccccc4)[C@H]3OCc3ccccc3)ccc2Cl)cc1F.[2H]C([2H])([2H])C([2H])([2H])Oc1ccc(Cc2cc([C@]34OC[C@](CO)(O3)[C@@H](OCc3ccccc3)[C@H](OCc3ccccc3)[C@H]4OCc3ccccc3)ccc2Cl)cc1F. The zero-order valence-electron chi connectivity index (χ0n) is 68.0. The average molecular weight is 1490 g/mol. The summed E-state index contributed by atoms with van der Waals surface area (Å²) in [5, 5.41) is 34.2. The smallest absolute Gasteiger partial charge is 0.225 e. The van der Waals surface area contributed by atoms with Crippen molar-refractivity contribution in [2.75, 3.05) is 46.7 Å². The van der Waals surface area contributed by atoms with Crippen molar-refractivity contribution in [3.8, 4) is 11.5 Å². The van der Waals surface area contributed by atoms with E-state index in [1.807, 2.05) is 182 Å². The molecule has 15 nitrogen and oxygen atoms in total. The highest BCUT2D eigenvalue weighted by Crippen LogP contribution is 2.54. The van der Waals surface area contributed by atoms with Crippen molar-refractivity contribution in [3.05, 3.63) is 343 Å². The molecule has 0 unspecified atom stereocenters. The van der Waals surface area contributed by atoms with Gasteiger partial charge in [0.2, 0.25) is 11.6 Å². The van der Waals surface area contributed by atoms with Crippen LogP contribution < -0.4 is 9.47 Å². The number of fused-ring (bicyclic) bond motifs is 2. The van der Waals surface area contributed by atoms with Crippen molar-refractivity contribution in [3.63, 3.8) is 0 Å². The highest BCUT2D eigenvalue weighted by Gasteiger charge is 2.70. The van der Waals surface area contributed by atoms with Gasteiger partial charge in [0.15, 0.2) is 23.1 Å². The third-order valence-corrected chi connectivity index (χ3v) is 19.7. The van der Waals surface area contributed by atoms with E-state index in [0.717, 1.165) is 51.6 Å². The van der Waals surface area contributed by atoms with Crippen molar-refractivity contribution in [1.82, 2.24) is 0 Å². The van der Waals surface area contributed by atoms with E-state index in [9.17, 15) is 15.3 Å². The number of rotatable bonds is 32. The van der Waals surface area contributed by atoms with Crippen LogP contribution in [0.25, 0.3) is 0 Å². The van der Waals surface area contributed by atoms with Crippen LogP contribution >= 0.6 is 23.2 Å². The number of hydrogen-bond acceptors (Lipinski definition) is 15. The molecular formula is C87H88Cl2F2O15. The first-order valence-corrected chi connectivity index (χ1v) is 35.2. The number of methoxy groups -OCH3 is 1. The lowest BCUT2D eigenvalue weighted by molar-refractivity contribution is -0.417. The lowest BCUT2D eigenvalue weighted by Gasteiger charge is -2.56. The van der Waals surface area contributed by atoms with Gasteiger partial charge in [-0.05, 0) is 131 Å². The normalized spacial score (nSPS) is 24.2. The number of halogens is 4. The summed E-state index contributed by atoms with van der Waals surface area (Å²) in [7, 11) is 1.41. The van der Waals surface area contributed by atoms with E-state index in [1.54, 1.807) is 36.4 Å². The Balaban J connectivity index is 0.000000214. The highest BCUT2D eigenvalue weighted by molar-refractivity contribution is 6.31. The third kappa shape index (κ3) is 18.0. The Labute approximate surface area is 642 Å². The zero-order chi connectivity index (χ0) is 82.5. The molecule has 554 valence electrons. The van der Waals surface area contributed by atoms with Gasteiger partial charge >= 0.3 is 0 Å². The number of aliphatic hydroxyl groups is 3. The highest BCUT2D eigenvalue weighted by atomic mass is 35.5. The van der Waals surface area contributed by atoms with E-state index >= 15 is 8.78 Å². The molecule has 10 aromatic carbocycles. The van der Waals surface area contributed by atoms with Gasteiger partial charge in [-0.1, -0.05) is 229 Å². The van der Waals surface area contributed by atoms with Gasteiger partial charge in [-0.3, -0.25) is 0 Å². The molecule has 3 heterocycles. The Hall–Kier alpha value is -8.28. The molecule has 10 aromatic rings. The lowest BCUT2D eigenvalue weighted by Crippen LogP contribution is -2.72. The quantitative estimate of drug-likeness (QED) is 0.0363. The van der Waals surface area contributed by atoms with Crippen molar-refractivity contribution in [2.24, 2.45) is 0 Å². The number of ether oxygens (including phenoxy) is 12. The fraction of sp³-hybridized carbons (Fsp3) is 0.310. The predicted octanol–water partition coefficient (Wildman–Crippen LogP) is 15.9.